The van der Waals surface area contributed by atoms with Crippen LogP contribution in [-0.4, -0.2) is 53.3 Å². The van der Waals surface area contributed by atoms with E-state index in [2.05, 4.69) is 13.0 Å². The molecule has 2 fully saturated rings. The molecule has 0 spiro atoms. The van der Waals surface area contributed by atoms with Gasteiger partial charge in [0.2, 0.25) is 11.8 Å². The number of phenols is 1. The van der Waals surface area contributed by atoms with Crippen LogP contribution in [0.5, 0.6) is 5.75 Å². The average Bonchev–Trinajstić information content (AvgIpc) is 3.34. The van der Waals surface area contributed by atoms with Gasteiger partial charge in [-0.3, -0.25) is 14.5 Å². The molecule has 0 saturated carbocycles. The molecule has 172 valence electrons. The third-order valence-corrected chi connectivity index (χ3v) is 7.56. The van der Waals surface area contributed by atoms with Crippen molar-refractivity contribution in [2.24, 2.45) is 17.8 Å². The number of phenolic OH excluding ortho intramolecular Hbond substituents is 1. The molecule has 4 atom stereocenters. The summed E-state index contributed by atoms with van der Waals surface area (Å²) in [6, 6.07) is 11.4. The van der Waals surface area contributed by atoms with Gasteiger partial charge >= 0.3 is 0 Å². The summed E-state index contributed by atoms with van der Waals surface area (Å²) >= 11 is 0. The van der Waals surface area contributed by atoms with Crippen LogP contribution in [0, 0.1) is 17.8 Å². The summed E-state index contributed by atoms with van der Waals surface area (Å²) in [5, 5.41) is 22.0. The Bertz CT molecular complexity index is 1200. The first-order valence-electron chi connectivity index (χ1n) is 11.5. The van der Waals surface area contributed by atoms with Crippen LogP contribution in [-0.2, 0) is 14.3 Å². The van der Waals surface area contributed by atoms with E-state index in [4.69, 9.17) is 4.74 Å². The molecule has 0 radical (unpaired) electrons. The number of aliphatic hydroxyl groups is 1. The second kappa shape index (κ2) is 8.43. The lowest BCUT2D eigenvalue weighted by atomic mass is 9.69. The number of hydrogen-bond acceptors (Lipinski definition) is 5. The van der Waals surface area contributed by atoms with Gasteiger partial charge < -0.3 is 14.9 Å². The maximum Gasteiger partial charge on any atom is 0.233 e. The molecule has 2 amide bonds. The van der Waals surface area contributed by atoms with Gasteiger partial charge in [0.1, 0.15) is 5.75 Å². The number of amides is 2. The molecule has 6 heteroatoms. The summed E-state index contributed by atoms with van der Waals surface area (Å²) < 4.78 is 6.13. The highest BCUT2D eigenvalue weighted by atomic mass is 16.5. The van der Waals surface area contributed by atoms with Crippen LogP contribution in [0.4, 0.5) is 0 Å². The Morgan fingerprint density at radius 3 is 2.64 bits per heavy atom. The first-order chi connectivity index (χ1) is 15.9. The fourth-order valence-electron chi connectivity index (χ4n) is 5.91. The quantitative estimate of drug-likeness (QED) is 0.540. The molecular weight excluding hydrogens is 418 g/mol. The minimum absolute atomic E-state index is 0.103. The van der Waals surface area contributed by atoms with Crippen LogP contribution in [0.2, 0.25) is 0 Å². The molecule has 3 aliphatic rings. The Morgan fingerprint density at radius 1 is 1.12 bits per heavy atom. The molecule has 1 aliphatic carbocycles. The number of imide groups is 1. The number of nitrogens with zero attached hydrogens (tertiary/aromatic N) is 1. The van der Waals surface area contributed by atoms with Crippen LogP contribution >= 0.6 is 0 Å². The molecule has 2 aromatic rings. The van der Waals surface area contributed by atoms with E-state index in [0.717, 1.165) is 40.3 Å². The maximum atomic E-state index is 12.7. The predicted molar refractivity (Wildman–Crippen MR) is 125 cm³/mol. The van der Waals surface area contributed by atoms with Gasteiger partial charge in [0.25, 0.3) is 0 Å². The highest BCUT2D eigenvalue weighted by Crippen LogP contribution is 2.49. The van der Waals surface area contributed by atoms with Crippen LogP contribution in [0.25, 0.3) is 16.8 Å². The number of likely N-dealkylation sites (tertiary alicyclic amines) is 1. The van der Waals surface area contributed by atoms with E-state index in [0.29, 0.717) is 13.0 Å². The zero-order valence-corrected chi connectivity index (χ0v) is 19.0. The molecule has 2 aliphatic heterocycles. The Hall–Kier alpha value is -2.96. The molecular formula is C27H29NO5. The number of carbonyl (C=O) groups excluding carboxylic acids is 2. The average molecular weight is 448 g/mol. The van der Waals surface area contributed by atoms with Crippen molar-refractivity contribution in [1.82, 2.24) is 4.90 Å². The van der Waals surface area contributed by atoms with Gasteiger partial charge in [0, 0.05) is 18.4 Å². The number of carbonyl (C=O) groups is 2. The lowest BCUT2D eigenvalue weighted by Crippen LogP contribution is -2.34. The highest BCUT2D eigenvalue weighted by molar-refractivity contribution is 6.05. The van der Waals surface area contributed by atoms with Crippen molar-refractivity contribution in [2.45, 2.75) is 32.3 Å². The third kappa shape index (κ3) is 3.58. The van der Waals surface area contributed by atoms with E-state index in [1.165, 1.54) is 10.5 Å². The smallest absolute Gasteiger partial charge is 0.233 e. The van der Waals surface area contributed by atoms with Gasteiger partial charge in [-0.05, 0) is 54.3 Å². The van der Waals surface area contributed by atoms with Crippen LogP contribution < -0.4 is 0 Å². The van der Waals surface area contributed by atoms with E-state index in [1.807, 2.05) is 30.3 Å². The number of aromatic hydroxyl groups is 1. The van der Waals surface area contributed by atoms with E-state index >= 15 is 0 Å². The van der Waals surface area contributed by atoms with Crippen LogP contribution in [0.3, 0.4) is 0 Å². The summed E-state index contributed by atoms with van der Waals surface area (Å²) in [5.74, 6) is -0.844. The Morgan fingerprint density at radius 2 is 1.88 bits per heavy atom. The highest BCUT2D eigenvalue weighted by Gasteiger charge is 2.55. The van der Waals surface area contributed by atoms with Gasteiger partial charge in [-0.1, -0.05) is 42.0 Å². The first-order valence-corrected chi connectivity index (χ1v) is 11.5. The molecule has 6 nitrogen and oxygen atoms in total. The van der Waals surface area contributed by atoms with Gasteiger partial charge in [0.15, 0.2) is 0 Å². The van der Waals surface area contributed by atoms with Crippen molar-refractivity contribution in [1.29, 1.82) is 0 Å². The molecule has 2 N–H and O–H groups in total. The Balaban J connectivity index is 1.36. The Labute approximate surface area is 193 Å². The summed E-state index contributed by atoms with van der Waals surface area (Å²) in [5.41, 5.74) is 4.15. The lowest BCUT2D eigenvalue weighted by molar-refractivity contribution is -0.138. The number of aliphatic hydroxyl groups excluding tert-OH is 1. The predicted octanol–water partition coefficient (Wildman–Crippen LogP) is 3.67. The van der Waals surface area contributed by atoms with Gasteiger partial charge in [-0.15, -0.1) is 0 Å². The topological polar surface area (TPSA) is 87.1 Å². The molecule has 2 aromatic carbocycles. The minimum atomic E-state index is -0.370. The zero-order chi connectivity index (χ0) is 23.3. The second-order valence-corrected chi connectivity index (χ2v) is 9.47. The lowest BCUT2D eigenvalue weighted by Gasteiger charge is -2.31. The van der Waals surface area contributed by atoms with E-state index in [9.17, 15) is 19.8 Å². The van der Waals surface area contributed by atoms with Gasteiger partial charge in [-0.2, -0.15) is 0 Å². The molecule has 0 bridgehead atoms. The van der Waals surface area contributed by atoms with Crippen LogP contribution in [0.1, 0.15) is 31.7 Å². The number of hydrogen-bond donors (Lipinski definition) is 2. The summed E-state index contributed by atoms with van der Waals surface area (Å²) in [6.45, 7) is 2.40. The monoisotopic (exact) mass is 447 g/mol. The molecule has 33 heavy (non-hydrogen) atoms. The third-order valence-electron chi connectivity index (χ3n) is 7.56. The summed E-state index contributed by atoms with van der Waals surface area (Å²) in [4.78, 5) is 26.5. The molecule has 2 saturated heterocycles. The van der Waals surface area contributed by atoms with Crippen LogP contribution in [0.15, 0.2) is 53.1 Å². The SMILES string of the molecule is C/C(=C\c1ccc(O)c2ccccc12)CC[C@H]1OC[C@H]2C1=C(CO)C[C@H]1C(=O)N(C)C(=O)[C@H]12. The number of ether oxygens (including phenoxy) is 1. The van der Waals surface area contributed by atoms with E-state index in [1.54, 1.807) is 13.1 Å². The van der Waals surface area contributed by atoms with E-state index in [-0.39, 0.29) is 48.0 Å². The Kier molecular flexibility index (Phi) is 5.59. The largest absolute Gasteiger partial charge is 0.507 e. The minimum Gasteiger partial charge on any atom is -0.507 e. The maximum absolute atomic E-state index is 12.7. The number of fused-ring (bicyclic) bond motifs is 4. The molecule has 2 heterocycles. The molecule has 5 rings (SSSR count). The fraction of sp³-hybridized carbons (Fsp3) is 0.407. The normalized spacial score (nSPS) is 27.5. The molecule has 0 unspecified atom stereocenters. The van der Waals surface area contributed by atoms with Crippen molar-refractivity contribution >= 4 is 28.7 Å². The number of allylic oxidation sites excluding steroid dienone is 1. The first kappa shape index (κ1) is 21.9. The number of benzene rings is 2. The van der Waals surface area contributed by atoms with Crippen molar-refractivity contribution in [3.05, 3.63) is 58.7 Å². The van der Waals surface area contributed by atoms with Crippen molar-refractivity contribution in [3.8, 4) is 5.75 Å². The fourth-order valence-corrected chi connectivity index (χ4v) is 5.91. The standard InChI is InChI=1S/C27H29NO5/c1-15(11-16-8-9-22(30)19-6-4-3-5-18(16)19)7-10-23-24-17(13-29)12-20-25(21(24)14-33-23)27(32)28(2)26(20)31/h3-6,8-9,11,20-21,23,25,29-30H,7,10,12-14H2,1-2H3/b15-11+/t20-,21+,23-,25-/m1/s1. The van der Waals surface area contributed by atoms with E-state index < -0.39 is 0 Å². The number of rotatable bonds is 5. The van der Waals surface area contributed by atoms with Crippen molar-refractivity contribution in [3.63, 3.8) is 0 Å². The molecule has 0 aromatic heterocycles. The summed E-state index contributed by atoms with van der Waals surface area (Å²) in [6.07, 6.45) is 3.99. The summed E-state index contributed by atoms with van der Waals surface area (Å²) in [7, 11) is 1.55. The van der Waals surface area contributed by atoms with Crippen molar-refractivity contribution in [2.75, 3.05) is 20.3 Å². The zero-order valence-electron chi connectivity index (χ0n) is 19.0. The van der Waals surface area contributed by atoms with Gasteiger partial charge in [0.05, 0.1) is 31.2 Å². The van der Waals surface area contributed by atoms with Crippen molar-refractivity contribution < 1.29 is 24.5 Å². The second-order valence-electron chi connectivity index (χ2n) is 9.47. The van der Waals surface area contributed by atoms with Gasteiger partial charge in [-0.25, -0.2) is 0 Å².